The number of hydrogen-bond donors (Lipinski definition) is 1. The first-order valence-electron chi connectivity index (χ1n) is 3.56. The molecule has 0 fully saturated rings. The molecule has 0 saturated carbocycles. The van der Waals surface area contributed by atoms with Crippen molar-refractivity contribution < 1.29 is 9.90 Å². The highest BCUT2D eigenvalue weighted by atomic mass is 35.5. The number of hydrogen-bond acceptors (Lipinski definition) is 1. The van der Waals surface area contributed by atoms with Crippen LogP contribution in [0.15, 0.2) is 18.2 Å². The van der Waals surface area contributed by atoms with Gasteiger partial charge in [-0.15, -0.1) is 0 Å². The van der Waals surface area contributed by atoms with Gasteiger partial charge in [-0.1, -0.05) is 23.7 Å². The largest absolute Gasteiger partial charge is 0.481 e. The van der Waals surface area contributed by atoms with Crippen molar-refractivity contribution >= 4 is 17.6 Å². The van der Waals surface area contributed by atoms with Crippen molar-refractivity contribution in [3.8, 4) is 0 Å². The summed E-state index contributed by atoms with van der Waals surface area (Å²) in [5, 5.41) is 8.93. The van der Waals surface area contributed by atoms with E-state index in [0.717, 1.165) is 5.56 Å². The Hall–Kier alpha value is -1.02. The van der Waals surface area contributed by atoms with Gasteiger partial charge in [-0.05, 0) is 18.1 Å². The van der Waals surface area contributed by atoms with Gasteiger partial charge in [-0.2, -0.15) is 0 Å². The van der Waals surface area contributed by atoms with Gasteiger partial charge in [0.05, 0.1) is 0 Å². The summed E-state index contributed by atoms with van der Waals surface area (Å²) in [7, 11) is 0. The van der Waals surface area contributed by atoms with Crippen LogP contribution in [0.4, 0.5) is 0 Å². The second kappa shape index (κ2) is 4.12. The predicted molar refractivity (Wildman–Crippen MR) is 46.2 cm³/mol. The average Bonchev–Trinajstić information content (AvgIpc) is 2.01. The molecule has 12 heavy (non-hydrogen) atoms. The van der Waals surface area contributed by atoms with Crippen LogP contribution in [0.25, 0.3) is 0 Å². The maximum Gasteiger partial charge on any atom is 0.303 e. The van der Waals surface area contributed by atoms with Crippen molar-refractivity contribution in [1.29, 1.82) is 0 Å². The minimum Gasteiger partial charge on any atom is -0.481 e. The summed E-state index contributed by atoms with van der Waals surface area (Å²) in [4.78, 5) is 10.2. The summed E-state index contributed by atoms with van der Waals surface area (Å²) in [6.45, 7) is 0. The quantitative estimate of drug-likeness (QED) is 0.780. The molecule has 0 unspecified atom stereocenters. The number of aliphatic carboxylic acids is 1. The Kier molecular flexibility index (Phi) is 3.11. The Labute approximate surface area is 75.8 Å². The minimum atomic E-state index is -0.793. The van der Waals surface area contributed by atoms with Crippen molar-refractivity contribution in [3.05, 3.63) is 34.9 Å². The molecule has 1 rings (SSSR count). The van der Waals surface area contributed by atoms with Crippen molar-refractivity contribution in [2.45, 2.75) is 12.8 Å². The number of carbonyl (C=O) groups is 1. The van der Waals surface area contributed by atoms with Crippen LogP contribution in [0.2, 0.25) is 5.02 Å². The third-order valence-corrected chi connectivity index (χ3v) is 1.68. The molecule has 63 valence electrons. The highest BCUT2D eigenvalue weighted by Crippen LogP contribution is 2.11. The van der Waals surface area contributed by atoms with Crippen LogP contribution in [0.3, 0.4) is 0 Å². The second-order valence-corrected chi connectivity index (χ2v) is 2.85. The van der Waals surface area contributed by atoms with Gasteiger partial charge in [-0.3, -0.25) is 4.79 Å². The molecule has 0 amide bonds. The summed E-state index contributed by atoms with van der Waals surface area (Å²) < 4.78 is 0. The number of carboxylic acids is 1. The number of benzene rings is 1. The van der Waals surface area contributed by atoms with E-state index < -0.39 is 5.97 Å². The highest BCUT2D eigenvalue weighted by molar-refractivity contribution is 6.30. The lowest BCUT2D eigenvalue weighted by Gasteiger charge is -1.97. The van der Waals surface area contributed by atoms with E-state index in [9.17, 15) is 4.79 Å². The molecule has 1 N–H and O–H groups in total. The number of halogens is 1. The third-order valence-electron chi connectivity index (χ3n) is 1.46. The SMILES string of the molecule is O=C(O)CCc1cc[c]c(Cl)c1. The Morgan fingerprint density at radius 1 is 1.67 bits per heavy atom. The van der Waals surface area contributed by atoms with Crippen LogP contribution >= 0.6 is 11.6 Å². The zero-order valence-electron chi connectivity index (χ0n) is 6.38. The standard InChI is InChI=1S/C9H8ClO2/c10-8-3-1-2-7(6-8)4-5-9(11)12/h1-2,6H,4-5H2,(H,11,12). The molecule has 0 saturated heterocycles. The fraction of sp³-hybridized carbons (Fsp3) is 0.222. The lowest BCUT2D eigenvalue weighted by molar-refractivity contribution is -0.136. The monoisotopic (exact) mass is 183 g/mol. The predicted octanol–water partition coefficient (Wildman–Crippen LogP) is 2.16. The molecule has 3 heteroatoms. The Bertz CT molecular complexity index is 284. The highest BCUT2D eigenvalue weighted by Gasteiger charge is 1.98. The number of aryl methyl sites for hydroxylation is 1. The van der Waals surface area contributed by atoms with E-state index in [1.807, 2.05) is 6.07 Å². The molecule has 0 aliphatic carbocycles. The molecule has 2 nitrogen and oxygen atoms in total. The lowest BCUT2D eigenvalue weighted by Crippen LogP contribution is -1.96. The molecule has 0 spiro atoms. The van der Waals surface area contributed by atoms with Gasteiger partial charge in [0.2, 0.25) is 0 Å². The van der Waals surface area contributed by atoms with E-state index in [1.165, 1.54) is 0 Å². The Morgan fingerprint density at radius 3 is 3.00 bits per heavy atom. The average molecular weight is 184 g/mol. The van der Waals surface area contributed by atoms with Gasteiger partial charge >= 0.3 is 5.97 Å². The van der Waals surface area contributed by atoms with Gasteiger partial charge in [0, 0.05) is 17.5 Å². The van der Waals surface area contributed by atoms with Gasteiger partial charge in [0.25, 0.3) is 0 Å². The van der Waals surface area contributed by atoms with E-state index in [1.54, 1.807) is 12.1 Å². The van der Waals surface area contributed by atoms with Crippen LogP contribution < -0.4 is 0 Å². The number of rotatable bonds is 3. The van der Waals surface area contributed by atoms with Crippen LogP contribution in [-0.4, -0.2) is 11.1 Å². The van der Waals surface area contributed by atoms with Crippen LogP contribution in [0.5, 0.6) is 0 Å². The topological polar surface area (TPSA) is 37.3 Å². The van der Waals surface area contributed by atoms with Gasteiger partial charge in [0.1, 0.15) is 0 Å². The molecule has 0 bridgehead atoms. The van der Waals surface area contributed by atoms with E-state index in [-0.39, 0.29) is 6.42 Å². The van der Waals surface area contributed by atoms with Gasteiger partial charge < -0.3 is 5.11 Å². The second-order valence-electron chi connectivity index (χ2n) is 2.44. The summed E-state index contributed by atoms with van der Waals surface area (Å²) in [6, 6.07) is 8.01. The summed E-state index contributed by atoms with van der Waals surface area (Å²) in [5.41, 5.74) is 0.932. The first kappa shape index (κ1) is 9.07. The molecule has 0 atom stereocenters. The van der Waals surface area contributed by atoms with Crippen molar-refractivity contribution in [2.75, 3.05) is 0 Å². The minimum absolute atomic E-state index is 0.139. The van der Waals surface area contributed by atoms with Crippen molar-refractivity contribution in [2.24, 2.45) is 0 Å². The molecule has 0 aromatic heterocycles. The zero-order valence-corrected chi connectivity index (χ0v) is 7.14. The summed E-state index contributed by atoms with van der Waals surface area (Å²) in [6.07, 6.45) is 0.657. The normalized spacial score (nSPS) is 9.75. The molecular weight excluding hydrogens is 176 g/mol. The maximum atomic E-state index is 10.2. The smallest absolute Gasteiger partial charge is 0.303 e. The van der Waals surface area contributed by atoms with E-state index in [4.69, 9.17) is 16.7 Å². The van der Waals surface area contributed by atoms with Crippen LogP contribution in [-0.2, 0) is 11.2 Å². The summed E-state index contributed by atoms with van der Waals surface area (Å²) in [5.74, 6) is -0.793. The number of carboxylic acid groups (broad SMARTS) is 1. The fourth-order valence-electron chi connectivity index (χ4n) is 0.888. The maximum absolute atomic E-state index is 10.2. The first-order valence-corrected chi connectivity index (χ1v) is 3.94. The van der Waals surface area contributed by atoms with E-state index in [2.05, 4.69) is 6.07 Å². The molecule has 1 aromatic rings. The molecule has 0 heterocycles. The van der Waals surface area contributed by atoms with Crippen LogP contribution in [0, 0.1) is 6.07 Å². The van der Waals surface area contributed by atoms with Gasteiger partial charge in [-0.25, -0.2) is 0 Å². The first-order chi connectivity index (χ1) is 5.68. The lowest BCUT2D eigenvalue weighted by atomic mass is 10.1. The molecule has 1 radical (unpaired) electrons. The van der Waals surface area contributed by atoms with E-state index >= 15 is 0 Å². The van der Waals surface area contributed by atoms with Crippen LogP contribution in [0.1, 0.15) is 12.0 Å². The van der Waals surface area contributed by atoms with Crippen molar-refractivity contribution in [1.82, 2.24) is 0 Å². The summed E-state index contributed by atoms with van der Waals surface area (Å²) >= 11 is 5.66. The zero-order chi connectivity index (χ0) is 8.97. The molecule has 0 aliphatic rings. The Balaban J connectivity index is 2.57. The van der Waals surface area contributed by atoms with Crippen molar-refractivity contribution in [3.63, 3.8) is 0 Å². The van der Waals surface area contributed by atoms with E-state index in [0.29, 0.717) is 11.4 Å². The van der Waals surface area contributed by atoms with Gasteiger partial charge in [0.15, 0.2) is 0 Å². The fourth-order valence-corrected chi connectivity index (χ4v) is 1.09. The molecule has 0 aliphatic heterocycles. The molecule has 1 aromatic carbocycles. The third kappa shape index (κ3) is 2.93. The Morgan fingerprint density at radius 2 is 2.42 bits per heavy atom. The molecular formula is C9H8ClO2.